The van der Waals surface area contributed by atoms with Gasteiger partial charge in [0.15, 0.2) is 0 Å². The number of pyridine rings is 1. The van der Waals surface area contributed by atoms with E-state index in [-0.39, 0.29) is 11.7 Å². The monoisotopic (exact) mass is 236 g/mol. The van der Waals surface area contributed by atoms with Crippen LogP contribution in [0.4, 0.5) is 0 Å². The maximum Gasteiger partial charge on any atom is 0.707 e. The van der Waals surface area contributed by atoms with Gasteiger partial charge in [-0.15, -0.1) is 0 Å². The molecule has 0 unspecified atom stereocenters. The van der Waals surface area contributed by atoms with E-state index in [1.165, 1.54) is 12.3 Å². The van der Waals surface area contributed by atoms with Crippen LogP contribution in [0.1, 0.15) is 22.5 Å². The van der Waals surface area contributed by atoms with Gasteiger partial charge in [-0.05, 0) is 19.4 Å². The largest absolute Gasteiger partial charge is 0.707 e. The highest BCUT2D eigenvalue weighted by molar-refractivity contribution is 6.33. The van der Waals surface area contributed by atoms with Gasteiger partial charge in [-0.25, -0.2) is 0 Å². The minimum Gasteiger partial charge on any atom is -0.511 e. The fraction of sp³-hybridized carbons (Fsp3) is 0.400. The summed E-state index contributed by atoms with van der Waals surface area (Å²) in [5.74, 6) is 0.0635. The van der Waals surface area contributed by atoms with Gasteiger partial charge in [0.05, 0.1) is 17.5 Å². The van der Waals surface area contributed by atoms with Gasteiger partial charge in [0, 0.05) is 13.1 Å². The topological polar surface area (TPSA) is 82.9 Å². The van der Waals surface area contributed by atoms with E-state index in [1.54, 1.807) is 11.8 Å². The summed E-state index contributed by atoms with van der Waals surface area (Å²) in [6, 6.07) is 1.47. The molecule has 1 aromatic heterocycles. The molecular weight excluding hydrogens is 223 g/mol. The van der Waals surface area contributed by atoms with Crippen molar-refractivity contribution in [2.24, 2.45) is 0 Å². The molecule has 0 spiro atoms. The number of hydrogen-bond acceptors (Lipinski definition) is 5. The Balaban J connectivity index is 2.22. The van der Waals surface area contributed by atoms with E-state index in [2.05, 4.69) is 9.64 Å². The van der Waals surface area contributed by atoms with Gasteiger partial charge >= 0.3 is 7.32 Å². The second-order valence-electron chi connectivity index (χ2n) is 3.89. The van der Waals surface area contributed by atoms with Crippen LogP contribution in [-0.4, -0.2) is 46.2 Å². The number of carbonyl (C=O) groups excluding carboxylic acids is 1. The predicted molar refractivity (Wildman–Crippen MR) is 60.3 cm³/mol. The van der Waals surface area contributed by atoms with Gasteiger partial charge in [0.2, 0.25) is 0 Å². The molecule has 90 valence electrons. The molecule has 2 heterocycles. The zero-order chi connectivity index (χ0) is 12.4. The normalized spacial score (nSPS) is 14.2. The molecule has 6 nitrogen and oxygen atoms in total. The van der Waals surface area contributed by atoms with Crippen molar-refractivity contribution in [2.45, 2.75) is 13.3 Å². The zero-order valence-corrected chi connectivity index (χ0v) is 9.46. The van der Waals surface area contributed by atoms with Crippen LogP contribution in [-0.2, 0) is 0 Å². The molecule has 0 radical (unpaired) electrons. The zero-order valence-electron chi connectivity index (χ0n) is 9.46. The number of likely N-dealkylation sites (tertiary alicyclic amines) is 1. The summed E-state index contributed by atoms with van der Waals surface area (Å²) >= 11 is 0. The number of aromatic nitrogens is 1. The second kappa shape index (κ2) is 4.73. The first-order chi connectivity index (χ1) is 8.08. The molecule has 0 saturated carbocycles. The molecule has 0 atom stereocenters. The maximum absolute atomic E-state index is 12.0. The van der Waals surface area contributed by atoms with E-state index in [9.17, 15) is 4.79 Å². The van der Waals surface area contributed by atoms with E-state index >= 15 is 0 Å². The molecule has 1 amide bonds. The van der Waals surface area contributed by atoms with Crippen molar-refractivity contribution in [1.82, 2.24) is 9.88 Å². The number of carbonyl (C=O) groups is 1. The molecule has 1 aliphatic rings. The summed E-state index contributed by atoms with van der Waals surface area (Å²) in [5.41, 5.74) is 1.03. The Kier molecular flexibility index (Phi) is 3.30. The van der Waals surface area contributed by atoms with Gasteiger partial charge in [-0.2, -0.15) is 0 Å². The third-order valence-electron chi connectivity index (χ3n) is 2.68. The molecule has 2 rings (SSSR count). The molecule has 0 bridgehead atoms. The Morgan fingerprint density at radius 3 is 2.76 bits per heavy atom. The van der Waals surface area contributed by atoms with Gasteiger partial charge < -0.3 is 19.6 Å². The highest BCUT2D eigenvalue weighted by Gasteiger charge is 2.24. The summed E-state index contributed by atoms with van der Waals surface area (Å²) < 4.78 is 4.67. The van der Waals surface area contributed by atoms with E-state index in [1.807, 2.05) is 0 Å². The van der Waals surface area contributed by atoms with Crippen molar-refractivity contribution >= 4 is 13.2 Å². The highest BCUT2D eigenvalue weighted by atomic mass is 16.6. The van der Waals surface area contributed by atoms with Gasteiger partial charge in [0.25, 0.3) is 5.91 Å². The SMILES string of the molecule is Cc1ncc(OB(O)O)cc1C(=O)N1CCC1. The summed E-state index contributed by atoms with van der Waals surface area (Å²) in [7, 11) is -1.91. The molecule has 1 saturated heterocycles. The predicted octanol–water partition coefficient (Wildman–Crippen LogP) is -0.416. The van der Waals surface area contributed by atoms with Crippen molar-refractivity contribution in [1.29, 1.82) is 0 Å². The van der Waals surface area contributed by atoms with Crippen LogP contribution < -0.4 is 4.65 Å². The van der Waals surface area contributed by atoms with Crippen LogP contribution in [0.15, 0.2) is 12.3 Å². The molecule has 0 aliphatic carbocycles. The Morgan fingerprint density at radius 2 is 2.24 bits per heavy atom. The van der Waals surface area contributed by atoms with Crippen molar-refractivity contribution in [3.8, 4) is 5.75 Å². The first kappa shape index (κ1) is 11.9. The summed E-state index contributed by atoms with van der Waals surface area (Å²) in [6.07, 6.45) is 2.37. The number of nitrogens with zero attached hydrogens (tertiary/aromatic N) is 2. The van der Waals surface area contributed by atoms with Crippen LogP contribution in [0.5, 0.6) is 5.75 Å². The highest BCUT2D eigenvalue weighted by Crippen LogP contribution is 2.19. The maximum atomic E-state index is 12.0. The van der Waals surface area contributed by atoms with Gasteiger partial charge in [0.1, 0.15) is 5.75 Å². The van der Waals surface area contributed by atoms with Crippen molar-refractivity contribution < 1.29 is 19.5 Å². The van der Waals surface area contributed by atoms with E-state index < -0.39 is 7.32 Å². The Hall–Kier alpha value is -1.60. The van der Waals surface area contributed by atoms with Crippen molar-refractivity contribution in [3.63, 3.8) is 0 Å². The Morgan fingerprint density at radius 1 is 1.53 bits per heavy atom. The standard InChI is InChI=1S/C10H13BN2O4/c1-7-9(10(14)13-3-2-4-13)5-8(6-12-7)17-11(15)16/h5-6,15-16H,2-4H2,1H3. The molecular formula is C10H13BN2O4. The molecule has 2 N–H and O–H groups in total. The lowest BCUT2D eigenvalue weighted by Gasteiger charge is -2.31. The summed E-state index contributed by atoms with van der Waals surface area (Å²) in [6.45, 7) is 3.24. The van der Waals surface area contributed by atoms with Crippen LogP contribution in [0.25, 0.3) is 0 Å². The lowest BCUT2D eigenvalue weighted by Crippen LogP contribution is -2.42. The van der Waals surface area contributed by atoms with Gasteiger partial charge in [-0.3, -0.25) is 9.78 Å². The van der Waals surface area contributed by atoms with Crippen molar-refractivity contribution in [2.75, 3.05) is 13.1 Å². The van der Waals surface area contributed by atoms with Crippen LogP contribution in [0.3, 0.4) is 0 Å². The van der Waals surface area contributed by atoms with Gasteiger partial charge in [-0.1, -0.05) is 0 Å². The summed E-state index contributed by atoms with van der Waals surface area (Å²) in [5, 5.41) is 17.4. The van der Waals surface area contributed by atoms with Crippen LogP contribution >= 0.6 is 0 Å². The lowest BCUT2D eigenvalue weighted by atomic mass is 10.1. The van der Waals surface area contributed by atoms with E-state index in [0.29, 0.717) is 11.3 Å². The third kappa shape index (κ3) is 2.56. The first-order valence-electron chi connectivity index (χ1n) is 5.36. The number of aryl methyl sites for hydroxylation is 1. The van der Waals surface area contributed by atoms with E-state index in [0.717, 1.165) is 19.5 Å². The Labute approximate surface area is 99.0 Å². The average molecular weight is 236 g/mol. The third-order valence-corrected chi connectivity index (χ3v) is 2.68. The fourth-order valence-electron chi connectivity index (χ4n) is 1.61. The molecule has 1 aromatic rings. The first-order valence-corrected chi connectivity index (χ1v) is 5.36. The van der Waals surface area contributed by atoms with Crippen LogP contribution in [0, 0.1) is 6.92 Å². The smallest absolute Gasteiger partial charge is 0.511 e. The van der Waals surface area contributed by atoms with E-state index in [4.69, 9.17) is 10.0 Å². The minimum atomic E-state index is -1.91. The van der Waals surface area contributed by atoms with Crippen LogP contribution in [0.2, 0.25) is 0 Å². The fourth-order valence-corrected chi connectivity index (χ4v) is 1.61. The molecule has 0 aromatic carbocycles. The average Bonchev–Trinajstić information content (AvgIpc) is 2.17. The second-order valence-corrected chi connectivity index (χ2v) is 3.89. The number of hydrogen-bond donors (Lipinski definition) is 2. The molecule has 17 heavy (non-hydrogen) atoms. The number of amides is 1. The summed E-state index contributed by atoms with van der Waals surface area (Å²) in [4.78, 5) is 17.7. The lowest BCUT2D eigenvalue weighted by molar-refractivity contribution is 0.0650. The molecule has 1 aliphatic heterocycles. The minimum absolute atomic E-state index is 0.0980. The quantitative estimate of drug-likeness (QED) is 0.696. The Bertz CT molecular complexity index is 434. The molecule has 1 fully saturated rings. The number of rotatable bonds is 3. The molecule has 7 heteroatoms. The van der Waals surface area contributed by atoms with Crippen molar-refractivity contribution in [3.05, 3.63) is 23.5 Å².